The van der Waals surface area contributed by atoms with E-state index < -0.39 is 0 Å². The lowest BCUT2D eigenvalue weighted by Gasteiger charge is -2.19. The predicted molar refractivity (Wildman–Crippen MR) is 63.1 cm³/mol. The molecule has 1 aromatic heterocycles. The van der Waals surface area contributed by atoms with Crippen LogP contribution in [0.3, 0.4) is 0 Å². The zero-order valence-electron chi connectivity index (χ0n) is 10.2. The summed E-state index contributed by atoms with van der Waals surface area (Å²) in [6.45, 7) is 4.71. The van der Waals surface area contributed by atoms with E-state index in [0.29, 0.717) is 17.7 Å². The van der Waals surface area contributed by atoms with E-state index in [1.165, 1.54) is 0 Å². The van der Waals surface area contributed by atoms with Gasteiger partial charge in [0, 0.05) is 18.3 Å². The molecule has 0 aliphatic rings. The van der Waals surface area contributed by atoms with E-state index in [1.54, 1.807) is 6.07 Å². The molecule has 1 N–H and O–H groups in total. The standard InChI is InChI=1S/C11H17N5/c1-8-5-10(6-12)15-11(14-8)13-7-9(2)16(3)4/h5,9H,7H2,1-4H3,(H,13,14,15). The second-order valence-electron chi connectivity index (χ2n) is 4.02. The van der Waals surface area contributed by atoms with Gasteiger partial charge in [0.2, 0.25) is 5.95 Å². The quantitative estimate of drug-likeness (QED) is 0.819. The third-order valence-electron chi connectivity index (χ3n) is 2.41. The van der Waals surface area contributed by atoms with Gasteiger partial charge >= 0.3 is 0 Å². The molecule has 1 rings (SSSR count). The Morgan fingerprint density at radius 2 is 2.19 bits per heavy atom. The van der Waals surface area contributed by atoms with Crippen LogP contribution in [0, 0.1) is 18.3 Å². The fourth-order valence-corrected chi connectivity index (χ4v) is 1.13. The minimum atomic E-state index is 0.384. The van der Waals surface area contributed by atoms with Gasteiger partial charge in [-0.2, -0.15) is 5.26 Å². The molecule has 0 aliphatic carbocycles. The smallest absolute Gasteiger partial charge is 0.224 e. The van der Waals surface area contributed by atoms with Crippen LogP contribution in [-0.4, -0.2) is 41.5 Å². The predicted octanol–water partition coefficient (Wildman–Crippen LogP) is 1.02. The summed E-state index contributed by atoms with van der Waals surface area (Å²) < 4.78 is 0. The van der Waals surface area contributed by atoms with Crippen molar-refractivity contribution in [2.75, 3.05) is 26.0 Å². The summed E-state index contributed by atoms with van der Waals surface area (Å²) in [5.41, 5.74) is 1.19. The van der Waals surface area contributed by atoms with E-state index in [4.69, 9.17) is 5.26 Å². The highest BCUT2D eigenvalue weighted by atomic mass is 15.2. The molecule has 0 aliphatic heterocycles. The van der Waals surface area contributed by atoms with Gasteiger partial charge in [0.15, 0.2) is 0 Å². The van der Waals surface area contributed by atoms with E-state index in [2.05, 4.69) is 27.1 Å². The molecule has 5 heteroatoms. The molecule has 0 saturated heterocycles. The first-order chi connectivity index (χ1) is 7.52. The van der Waals surface area contributed by atoms with Crippen LogP contribution in [0.4, 0.5) is 5.95 Å². The van der Waals surface area contributed by atoms with Crippen LogP contribution in [0.25, 0.3) is 0 Å². The Bertz CT molecular complexity index is 394. The summed E-state index contributed by atoms with van der Waals surface area (Å²) in [6.07, 6.45) is 0. The molecule has 0 spiro atoms. The Morgan fingerprint density at radius 3 is 2.75 bits per heavy atom. The summed E-state index contributed by atoms with van der Waals surface area (Å²) >= 11 is 0. The molecular weight excluding hydrogens is 202 g/mol. The van der Waals surface area contributed by atoms with Crippen molar-refractivity contribution in [3.63, 3.8) is 0 Å². The fourth-order valence-electron chi connectivity index (χ4n) is 1.13. The molecule has 1 unspecified atom stereocenters. The normalized spacial score (nSPS) is 12.2. The maximum absolute atomic E-state index is 8.78. The largest absolute Gasteiger partial charge is 0.353 e. The summed E-state index contributed by atoms with van der Waals surface area (Å²) in [7, 11) is 4.04. The highest BCUT2D eigenvalue weighted by Gasteiger charge is 2.06. The Balaban J connectivity index is 2.68. The first-order valence-corrected chi connectivity index (χ1v) is 5.19. The van der Waals surface area contributed by atoms with Crippen LogP contribution in [0.2, 0.25) is 0 Å². The maximum atomic E-state index is 8.78. The second kappa shape index (κ2) is 5.42. The lowest BCUT2D eigenvalue weighted by molar-refractivity contribution is 0.325. The number of hydrogen-bond acceptors (Lipinski definition) is 5. The molecule has 0 amide bonds. The molecule has 0 aromatic carbocycles. The SMILES string of the molecule is Cc1cc(C#N)nc(NCC(C)N(C)C)n1. The molecule has 0 radical (unpaired) electrons. The third kappa shape index (κ3) is 3.48. The van der Waals surface area contributed by atoms with E-state index in [9.17, 15) is 0 Å². The maximum Gasteiger partial charge on any atom is 0.224 e. The van der Waals surface area contributed by atoms with Gasteiger partial charge in [0.05, 0.1) is 0 Å². The number of nitriles is 1. The van der Waals surface area contributed by atoms with Crippen molar-refractivity contribution < 1.29 is 0 Å². The van der Waals surface area contributed by atoms with E-state index in [0.717, 1.165) is 12.2 Å². The van der Waals surface area contributed by atoms with Crippen molar-refractivity contribution in [1.82, 2.24) is 14.9 Å². The average Bonchev–Trinajstić information content (AvgIpc) is 2.24. The molecule has 0 bridgehead atoms. The Labute approximate surface area is 96.1 Å². The van der Waals surface area contributed by atoms with Crippen molar-refractivity contribution in [2.24, 2.45) is 0 Å². The molecule has 16 heavy (non-hydrogen) atoms. The number of nitrogens with one attached hydrogen (secondary N) is 1. The molecule has 1 atom stereocenters. The Morgan fingerprint density at radius 1 is 1.50 bits per heavy atom. The molecule has 1 aromatic rings. The molecule has 0 saturated carbocycles. The van der Waals surface area contributed by atoms with Gasteiger partial charge in [-0.05, 0) is 34.0 Å². The van der Waals surface area contributed by atoms with E-state index in [1.807, 2.05) is 27.1 Å². The third-order valence-corrected chi connectivity index (χ3v) is 2.41. The topological polar surface area (TPSA) is 64.8 Å². The van der Waals surface area contributed by atoms with Crippen molar-refractivity contribution in [3.05, 3.63) is 17.5 Å². The number of aromatic nitrogens is 2. The van der Waals surface area contributed by atoms with Crippen LogP contribution in [-0.2, 0) is 0 Å². The highest BCUT2D eigenvalue weighted by Crippen LogP contribution is 2.04. The summed E-state index contributed by atoms with van der Waals surface area (Å²) in [6, 6.07) is 4.07. The van der Waals surface area contributed by atoms with Crippen molar-refractivity contribution in [2.45, 2.75) is 19.9 Å². The molecule has 0 fully saturated rings. The van der Waals surface area contributed by atoms with Gasteiger partial charge in [-0.3, -0.25) is 0 Å². The van der Waals surface area contributed by atoms with Crippen LogP contribution in [0.5, 0.6) is 0 Å². The first-order valence-electron chi connectivity index (χ1n) is 5.19. The molecular formula is C11H17N5. The number of nitrogens with zero attached hydrogens (tertiary/aromatic N) is 4. The Kier molecular flexibility index (Phi) is 4.20. The molecule has 5 nitrogen and oxygen atoms in total. The fraction of sp³-hybridized carbons (Fsp3) is 0.545. The molecule has 86 valence electrons. The number of anilines is 1. The van der Waals surface area contributed by atoms with Gasteiger partial charge in [0.25, 0.3) is 0 Å². The van der Waals surface area contributed by atoms with Crippen LogP contribution in [0.1, 0.15) is 18.3 Å². The van der Waals surface area contributed by atoms with Crippen molar-refractivity contribution in [3.8, 4) is 6.07 Å². The summed E-state index contributed by atoms with van der Waals surface area (Å²) in [4.78, 5) is 10.4. The van der Waals surface area contributed by atoms with Gasteiger partial charge in [-0.15, -0.1) is 0 Å². The van der Waals surface area contributed by atoms with Crippen LogP contribution >= 0.6 is 0 Å². The number of likely N-dealkylation sites (N-methyl/N-ethyl adjacent to an activating group) is 1. The Hall–Kier alpha value is -1.67. The number of hydrogen-bond donors (Lipinski definition) is 1. The monoisotopic (exact) mass is 219 g/mol. The zero-order chi connectivity index (χ0) is 12.1. The van der Waals surface area contributed by atoms with Crippen LogP contribution < -0.4 is 5.32 Å². The van der Waals surface area contributed by atoms with Crippen molar-refractivity contribution >= 4 is 5.95 Å². The minimum absolute atomic E-state index is 0.384. The first kappa shape index (κ1) is 12.4. The lowest BCUT2D eigenvalue weighted by atomic mass is 10.3. The highest BCUT2D eigenvalue weighted by molar-refractivity contribution is 5.33. The lowest BCUT2D eigenvalue weighted by Crippen LogP contribution is -2.32. The van der Waals surface area contributed by atoms with Gasteiger partial charge in [-0.1, -0.05) is 0 Å². The summed E-state index contributed by atoms with van der Waals surface area (Å²) in [5, 5.41) is 11.9. The summed E-state index contributed by atoms with van der Waals surface area (Å²) in [5.74, 6) is 0.519. The van der Waals surface area contributed by atoms with E-state index >= 15 is 0 Å². The van der Waals surface area contributed by atoms with Crippen molar-refractivity contribution in [1.29, 1.82) is 5.26 Å². The minimum Gasteiger partial charge on any atom is -0.353 e. The van der Waals surface area contributed by atoms with Gasteiger partial charge in [-0.25, -0.2) is 9.97 Å². The second-order valence-corrected chi connectivity index (χ2v) is 4.02. The molecule has 1 heterocycles. The zero-order valence-corrected chi connectivity index (χ0v) is 10.2. The van der Waals surface area contributed by atoms with Gasteiger partial charge < -0.3 is 10.2 Å². The van der Waals surface area contributed by atoms with Gasteiger partial charge in [0.1, 0.15) is 11.8 Å². The van der Waals surface area contributed by atoms with E-state index in [-0.39, 0.29) is 0 Å². The number of rotatable bonds is 4. The van der Waals surface area contributed by atoms with Crippen LogP contribution in [0.15, 0.2) is 6.07 Å². The average molecular weight is 219 g/mol. The number of aryl methyl sites for hydroxylation is 1.